The minimum absolute atomic E-state index is 0.0773. The third kappa shape index (κ3) is 4.48. The van der Waals surface area contributed by atoms with Crippen LogP contribution in [-0.2, 0) is 10.0 Å². The zero-order chi connectivity index (χ0) is 20.3. The smallest absolute Gasteiger partial charge is 0.263 e. The molecule has 1 amide bonds. The zero-order valence-electron chi connectivity index (χ0n) is 16.0. The number of hydrogen-bond acceptors (Lipinski definition) is 4. The van der Waals surface area contributed by atoms with E-state index in [0.29, 0.717) is 24.3 Å². The highest BCUT2D eigenvalue weighted by atomic mass is 35.5. The number of piperazine rings is 1. The summed E-state index contributed by atoms with van der Waals surface area (Å²) in [5, 5.41) is 0.0773. The number of rotatable bonds is 5. The van der Waals surface area contributed by atoms with E-state index in [2.05, 4.69) is 16.5 Å². The Bertz CT molecular complexity index is 970. The van der Waals surface area contributed by atoms with Gasteiger partial charge in [0.05, 0.1) is 10.7 Å². The Kier molecular flexibility index (Phi) is 6.27. The van der Waals surface area contributed by atoms with Crippen molar-refractivity contribution in [3.63, 3.8) is 0 Å². The van der Waals surface area contributed by atoms with Crippen molar-refractivity contribution in [1.82, 2.24) is 9.80 Å². The Morgan fingerprint density at radius 3 is 2.43 bits per heavy atom. The van der Waals surface area contributed by atoms with E-state index in [1.165, 1.54) is 12.1 Å². The van der Waals surface area contributed by atoms with Gasteiger partial charge >= 0.3 is 0 Å². The van der Waals surface area contributed by atoms with Crippen molar-refractivity contribution in [2.75, 3.05) is 37.4 Å². The second-order valence-electron chi connectivity index (χ2n) is 6.79. The number of hydrogen-bond donors (Lipinski definition) is 1. The molecule has 28 heavy (non-hydrogen) atoms. The third-order valence-electron chi connectivity index (χ3n) is 4.96. The van der Waals surface area contributed by atoms with Gasteiger partial charge in [-0.05, 0) is 43.3 Å². The summed E-state index contributed by atoms with van der Waals surface area (Å²) in [5.41, 5.74) is 1.59. The van der Waals surface area contributed by atoms with Crippen LogP contribution in [0.3, 0.4) is 0 Å². The van der Waals surface area contributed by atoms with E-state index in [4.69, 9.17) is 11.6 Å². The van der Waals surface area contributed by atoms with Crippen LogP contribution in [0.5, 0.6) is 0 Å². The molecule has 8 heteroatoms. The Hall–Kier alpha value is -2.09. The van der Waals surface area contributed by atoms with Gasteiger partial charge in [-0.15, -0.1) is 0 Å². The number of amides is 1. The Labute approximate surface area is 171 Å². The maximum absolute atomic E-state index is 12.9. The molecule has 0 unspecified atom stereocenters. The number of para-hydroxylation sites is 1. The summed E-state index contributed by atoms with van der Waals surface area (Å²) >= 11 is 6.16. The second-order valence-corrected chi connectivity index (χ2v) is 8.85. The Morgan fingerprint density at radius 1 is 1.11 bits per heavy atom. The lowest BCUT2D eigenvalue weighted by Crippen LogP contribution is -2.48. The molecule has 1 aliphatic heterocycles. The molecule has 0 aliphatic carbocycles. The van der Waals surface area contributed by atoms with Gasteiger partial charge in [0.2, 0.25) is 0 Å². The lowest BCUT2D eigenvalue weighted by molar-refractivity contribution is 0.0643. The van der Waals surface area contributed by atoms with Gasteiger partial charge < -0.3 is 9.80 Å². The first-order chi connectivity index (χ1) is 13.3. The van der Waals surface area contributed by atoms with Crippen molar-refractivity contribution in [3.8, 4) is 0 Å². The summed E-state index contributed by atoms with van der Waals surface area (Å²) in [6, 6.07) is 11.5. The highest BCUT2D eigenvalue weighted by molar-refractivity contribution is 7.92. The van der Waals surface area contributed by atoms with Gasteiger partial charge in [-0.25, -0.2) is 8.42 Å². The molecular formula is C20H24ClN3O3S. The summed E-state index contributed by atoms with van der Waals surface area (Å²) in [6.45, 7) is 7.74. The van der Waals surface area contributed by atoms with E-state index in [0.717, 1.165) is 25.2 Å². The van der Waals surface area contributed by atoms with Crippen molar-refractivity contribution in [2.45, 2.75) is 18.7 Å². The van der Waals surface area contributed by atoms with Crippen LogP contribution in [0, 0.1) is 6.92 Å². The molecule has 2 aromatic carbocycles. The highest BCUT2D eigenvalue weighted by Crippen LogP contribution is 2.27. The molecule has 0 saturated carbocycles. The van der Waals surface area contributed by atoms with Gasteiger partial charge in [0, 0.05) is 31.7 Å². The topological polar surface area (TPSA) is 69.7 Å². The molecule has 1 saturated heterocycles. The molecule has 1 aliphatic rings. The molecule has 0 atom stereocenters. The number of sulfonamides is 1. The van der Waals surface area contributed by atoms with Gasteiger partial charge in [0.25, 0.3) is 15.9 Å². The molecule has 3 rings (SSSR count). The van der Waals surface area contributed by atoms with E-state index in [1.807, 2.05) is 19.1 Å². The maximum atomic E-state index is 12.9. The first-order valence-electron chi connectivity index (χ1n) is 9.21. The van der Waals surface area contributed by atoms with E-state index in [-0.39, 0.29) is 15.8 Å². The van der Waals surface area contributed by atoms with E-state index < -0.39 is 10.0 Å². The predicted octanol–water partition coefficient (Wildman–Crippen LogP) is 3.23. The number of halogens is 1. The minimum Gasteiger partial charge on any atom is -0.336 e. The maximum Gasteiger partial charge on any atom is 0.263 e. The molecular weight excluding hydrogens is 398 g/mol. The van der Waals surface area contributed by atoms with Crippen LogP contribution < -0.4 is 4.72 Å². The van der Waals surface area contributed by atoms with Crippen molar-refractivity contribution in [1.29, 1.82) is 0 Å². The fourth-order valence-corrected chi connectivity index (χ4v) is 4.84. The van der Waals surface area contributed by atoms with Crippen LogP contribution in [0.2, 0.25) is 5.02 Å². The standard InChI is InChI=1S/C20H24ClN3O3S/c1-3-23-10-12-24(13-11-23)20(25)16-8-9-17(21)19(14-16)28(26,27)22-18-7-5-4-6-15(18)2/h4-9,14,22H,3,10-13H2,1-2H3. The van der Waals surface area contributed by atoms with Gasteiger partial charge in [-0.3, -0.25) is 9.52 Å². The minimum atomic E-state index is -3.93. The number of nitrogens with zero attached hydrogens (tertiary/aromatic N) is 2. The summed E-state index contributed by atoms with van der Waals surface area (Å²) < 4.78 is 28.3. The van der Waals surface area contributed by atoms with E-state index >= 15 is 0 Å². The molecule has 2 aromatic rings. The van der Waals surface area contributed by atoms with Gasteiger partial charge in [-0.2, -0.15) is 0 Å². The van der Waals surface area contributed by atoms with Gasteiger partial charge in [-0.1, -0.05) is 36.7 Å². The molecule has 1 N–H and O–H groups in total. The number of likely N-dealkylation sites (N-methyl/N-ethyl adjacent to an activating group) is 1. The second kappa shape index (κ2) is 8.51. The molecule has 0 aromatic heterocycles. The van der Waals surface area contributed by atoms with Gasteiger partial charge in [0.1, 0.15) is 4.90 Å². The first kappa shape index (κ1) is 20.6. The Morgan fingerprint density at radius 2 is 1.79 bits per heavy atom. The average molecular weight is 422 g/mol. The summed E-state index contributed by atoms with van der Waals surface area (Å²) in [4.78, 5) is 16.8. The van der Waals surface area contributed by atoms with Gasteiger partial charge in [0.15, 0.2) is 0 Å². The van der Waals surface area contributed by atoms with Crippen LogP contribution >= 0.6 is 11.6 Å². The summed E-state index contributed by atoms with van der Waals surface area (Å²) in [6.07, 6.45) is 0. The molecule has 1 heterocycles. The zero-order valence-corrected chi connectivity index (χ0v) is 17.6. The number of benzene rings is 2. The molecule has 0 spiro atoms. The quantitative estimate of drug-likeness (QED) is 0.804. The van der Waals surface area contributed by atoms with Crippen LogP contribution in [-0.4, -0.2) is 56.8 Å². The van der Waals surface area contributed by atoms with Crippen LogP contribution in [0.25, 0.3) is 0 Å². The number of aryl methyl sites for hydroxylation is 1. The molecule has 0 bridgehead atoms. The lowest BCUT2D eigenvalue weighted by Gasteiger charge is -2.34. The average Bonchev–Trinajstić information content (AvgIpc) is 2.69. The fourth-order valence-electron chi connectivity index (χ4n) is 3.18. The number of carbonyl (C=O) groups is 1. The summed E-state index contributed by atoms with van der Waals surface area (Å²) in [7, 11) is -3.93. The number of nitrogens with one attached hydrogen (secondary N) is 1. The van der Waals surface area contributed by atoms with Crippen molar-refractivity contribution in [3.05, 3.63) is 58.6 Å². The number of anilines is 1. The Balaban J connectivity index is 1.85. The van der Waals surface area contributed by atoms with Crippen LogP contribution in [0.4, 0.5) is 5.69 Å². The van der Waals surface area contributed by atoms with Crippen LogP contribution in [0.1, 0.15) is 22.8 Å². The fraction of sp³-hybridized carbons (Fsp3) is 0.350. The highest BCUT2D eigenvalue weighted by Gasteiger charge is 2.25. The monoisotopic (exact) mass is 421 g/mol. The first-order valence-corrected chi connectivity index (χ1v) is 11.1. The summed E-state index contributed by atoms with van der Waals surface area (Å²) in [5.74, 6) is -0.181. The van der Waals surface area contributed by atoms with Crippen molar-refractivity contribution in [2.24, 2.45) is 0 Å². The molecule has 6 nitrogen and oxygen atoms in total. The SMILES string of the molecule is CCN1CCN(C(=O)c2ccc(Cl)c(S(=O)(=O)Nc3ccccc3C)c2)CC1. The van der Waals surface area contributed by atoms with Crippen LogP contribution in [0.15, 0.2) is 47.4 Å². The third-order valence-corrected chi connectivity index (χ3v) is 6.81. The number of carbonyl (C=O) groups excluding carboxylic acids is 1. The van der Waals surface area contributed by atoms with Crippen molar-refractivity contribution < 1.29 is 13.2 Å². The van der Waals surface area contributed by atoms with E-state index in [9.17, 15) is 13.2 Å². The molecule has 150 valence electrons. The predicted molar refractivity (Wildman–Crippen MR) is 111 cm³/mol. The normalized spacial score (nSPS) is 15.5. The van der Waals surface area contributed by atoms with E-state index in [1.54, 1.807) is 23.1 Å². The molecule has 1 fully saturated rings. The lowest BCUT2D eigenvalue weighted by atomic mass is 10.2. The molecule has 0 radical (unpaired) electrons. The largest absolute Gasteiger partial charge is 0.336 e. The van der Waals surface area contributed by atoms with Crippen molar-refractivity contribution >= 4 is 33.2 Å².